The first kappa shape index (κ1) is 13.1. The van der Waals surface area contributed by atoms with Crippen molar-refractivity contribution in [1.82, 2.24) is 4.90 Å². The zero-order chi connectivity index (χ0) is 13.1. The lowest BCUT2D eigenvalue weighted by Crippen LogP contribution is -2.36. The second-order valence-electron chi connectivity index (χ2n) is 4.53. The first-order valence-corrected chi connectivity index (χ1v) is 6.99. The van der Waals surface area contributed by atoms with Crippen LogP contribution in [-0.4, -0.2) is 29.7 Å². The van der Waals surface area contributed by atoms with E-state index in [1.165, 1.54) is 10.4 Å². The highest BCUT2D eigenvalue weighted by molar-refractivity contribution is 7.10. The lowest BCUT2D eigenvalue weighted by Gasteiger charge is -2.19. The molecule has 1 aromatic rings. The molecule has 4 nitrogen and oxygen atoms in total. The maximum Gasteiger partial charge on any atom is 0.266 e. The monoisotopic (exact) mass is 266 g/mol. The number of carbonyl (C=O) groups is 1. The van der Waals surface area contributed by atoms with E-state index < -0.39 is 6.10 Å². The van der Waals surface area contributed by atoms with Crippen molar-refractivity contribution >= 4 is 23.0 Å². The number of carbonyl (C=O) groups excluding carboxylic acids is 1. The summed E-state index contributed by atoms with van der Waals surface area (Å²) >= 11 is 1.68. The van der Waals surface area contributed by atoms with Gasteiger partial charge in [0.1, 0.15) is 0 Å². The summed E-state index contributed by atoms with van der Waals surface area (Å²) in [6, 6.07) is 2.07. The molecular weight excluding hydrogens is 248 g/mol. The van der Waals surface area contributed by atoms with Gasteiger partial charge in [-0.25, -0.2) is 0 Å². The Morgan fingerprint density at radius 1 is 1.67 bits per heavy atom. The van der Waals surface area contributed by atoms with Crippen LogP contribution in [0.25, 0.3) is 0 Å². The minimum atomic E-state index is -0.426. The zero-order valence-electron chi connectivity index (χ0n) is 11.0. The normalized spacial score (nSPS) is 18.4. The van der Waals surface area contributed by atoms with Gasteiger partial charge in [-0.15, -0.1) is 11.3 Å². The van der Waals surface area contributed by atoms with Gasteiger partial charge in [0.05, 0.1) is 12.3 Å². The van der Waals surface area contributed by atoms with Crippen LogP contribution < -0.4 is 0 Å². The lowest BCUT2D eigenvalue weighted by atomic mass is 10.1. The third-order valence-electron chi connectivity index (χ3n) is 3.14. The molecule has 1 atom stereocenters. The van der Waals surface area contributed by atoms with Crippen molar-refractivity contribution in [3.8, 4) is 0 Å². The topological polar surface area (TPSA) is 41.9 Å². The standard InChI is InChI=1S/C13H18N2O2S/c1-4-10-7-11(17-14-10)13(16)15(3)8-12-9(2)5-6-18-12/h5-6,11H,4,7-8H2,1-3H3/t11-/m1/s1. The summed E-state index contributed by atoms with van der Waals surface area (Å²) in [4.78, 5) is 20.3. The Balaban J connectivity index is 1.92. The fourth-order valence-electron chi connectivity index (χ4n) is 1.87. The molecule has 0 saturated carbocycles. The van der Waals surface area contributed by atoms with E-state index in [1.807, 2.05) is 19.4 Å². The van der Waals surface area contributed by atoms with E-state index in [0.29, 0.717) is 13.0 Å². The van der Waals surface area contributed by atoms with E-state index in [9.17, 15) is 4.79 Å². The van der Waals surface area contributed by atoms with E-state index in [0.717, 1.165) is 12.1 Å². The number of rotatable bonds is 4. The predicted molar refractivity (Wildman–Crippen MR) is 72.7 cm³/mol. The number of hydrogen-bond acceptors (Lipinski definition) is 4. The van der Waals surface area contributed by atoms with E-state index in [4.69, 9.17) is 4.84 Å². The Morgan fingerprint density at radius 2 is 2.44 bits per heavy atom. The number of likely N-dealkylation sites (N-methyl/N-ethyl adjacent to an activating group) is 1. The largest absolute Gasteiger partial charge is 0.382 e. The fourth-order valence-corrected chi connectivity index (χ4v) is 2.83. The number of aryl methyl sites for hydroxylation is 1. The molecule has 1 aliphatic heterocycles. The summed E-state index contributed by atoms with van der Waals surface area (Å²) in [5.74, 6) is 0.00926. The van der Waals surface area contributed by atoms with E-state index in [1.54, 1.807) is 16.2 Å². The second kappa shape index (κ2) is 5.52. The molecule has 0 unspecified atom stereocenters. The van der Waals surface area contributed by atoms with E-state index >= 15 is 0 Å². The van der Waals surface area contributed by atoms with Crippen molar-refractivity contribution in [2.24, 2.45) is 5.16 Å². The maximum atomic E-state index is 12.2. The molecule has 0 bridgehead atoms. The van der Waals surface area contributed by atoms with Crippen LogP contribution in [0.1, 0.15) is 30.2 Å². The molecule has 0 radical (unpaired) electrons. The summed E-state index contributed by atoms with van der Waals surface area (Å²) in [6.45, 7) is 4.73. The van der Waals surface area contributed by atoms with Crippen LogP contribution in [0, 0.1) is 6.92 Å². The van der Waals surface area contributed by atoms with Crippen molar-refractivity contribution in [1.29, 1.82) is 0 Å². The maximum absolute atomic E-state index is 12.2. The number of oxime groups is 1. The van der Waals surface area contributed by atoms with Gasteiger partial charge in [-0.3, -0.25) is 4.79 Å². The molecule has 1 aromatic heterocycles. The quantitative estimate of drug-likeness (QED) is 0.840. The molecule has 2 heterocycles. The summed E-state index contributed by atoms with van der Waals surface area (Å²) in [5, 5.41) is 5.97. The van der Waals surface area contributed by atoms with Crippen LogP contribution >= 0.6 is 11.3 Å². The number of nitrogens with zero attached hydrogens (tertiary/aromatic N) is 2. The van der Waals surface area contributed by atoms with Crippen LogP contribution in [0.2, 0.25) is 0 Å². The molecule has 0 saturated heterocycles. The molecule has 0 spiro atoms. The van der Waals surface area contributed by atoms with Gasteiger partial charge in [0, 0.05) is 18.3 Å². The predicted octanol–water partition coefficient (Wildman–Crippen LogP) is 2.57. The average Bonchev–Trinajstić information content (AvgIpc) is 2.98. The molecule has 1 amide bonds. The first-order chi connectivity index (χ1) is 8.61. The molecule has 2 rings (SSSR count). The molecule has 98 valence electrons. The van der Waals surface area contributed by atoms with E-state index in [-0.39, 0.29) is 5.91 Å². The van der Waals surface area contributed by atoms with Gasteiger partial charge in [-0.1, -0.05) is 12.1 Å². The Labute approximate surface area is 111 Å². The SMILES string of the molecule is CCC1=NO[C@@H](C(=O)N(C)Cc2sccc2C)C1. The Kier molecular flexibility index (Phi) is 4.01. The zero-order valence-corrected chi connectivity index (χ0v) is 11.8. The van der Waals surface area contributed by atoms with Gasteiger partial charge in [-0.2, -0.15) is 0 Å². The molecule has 1 aliphatic rings. The minimum Gasteiger partial charge on any atom is -0.382 e. The molecule has 18 heavy (non-hydrogen) atoms. The first-order valence-electron chi connectivity index (χ1n) is 6.11. The van der Waals surface area contributed by atoms with Gasteiger partial charge in [-0.05, 0) is 30.4 Å². The van der Waals surface area contributed by atoms with Crippen molar-refractivity contribution in [3.05, 3.63) is 21.9 Å². The van der Waals surface area contributed by atoms with Gasteiger partial charge in [0.15, 0.2) is 0 Å². The van der Waals surface area contributed by atoms with Crippen LogP contribution in [0.4, 0.5) is 0 Å². The summed E-state index contributed by atoms with van der Waals surface area (Å²) in [5.41, 5.74) is 2.20. The number of thiophene rings is 1. The number of hydrogen-bond donors (Lipinski definition) is 0. The van der Waals surface area contributed by atoms with Crippen molar-refractivity contribution in [2.45, 2.75) is 39.3 Å². The molecule has 5 heteroatoms. The van der Waals surface area contributed by atoms with Crippen molar-refractivity contribution in [3.63, 3.8) is 0 Å². The second-order valence-corrected chi connectivity index (χ2v) is 5.53. The number of amides is 1. The van der Waals surface area contributed by atoms with Crippen molar-refractivity contribution < 1.29 is 9.63 Å². The van der Waals surface area contributed by atoms with Gasteiger partial charge in [0.2, 0.25) is 6.10 Å². The van der Waals surface area contributed by atoms with Gasteiger partial charge in [0.25, 0.3) is 5.91 Å². The lowest BCUT2D eigenvalue weighted by molar-refractivity contribution is -0.141. The van der Waals surface area contributed by atoms with Crippen LogP contribution in [0.3, 0.4) is 0 Å². The molecular formula is C13H18N2O2S. The highest BCUT2D eigenvalue weighted by Crippen LogP contribution is 2.20. The van der Waals surface area contributed by atoms with Crippen LogP contribution in [0.5, 0.6) is 0 Å². The molecule has 0 fully saturated rings. The Morgan fingerprint density at radius 3 is 3.00 bits per heavy atom. The van der Waals surface area contributed by atoms with Crippen molar-refractivity contribution in [2.75, 3.05) is 7.05 Å². The Hall–Kier alpha value is -1.36. The van der Waals surface area contributed by atoms with Crippen LogP contribution in [0.15, 0.2) is 16.6 Å². The third-order valence-corrected chi connectivity index (χ3v) is 4.15. The molecule has 0 aliphatic carbocycles. The minimum absolute atomic E-state index is 0.00926. The summed E-state index contributed by atoms with van der Waals surface area (Å²) < 4.78 is 0. The van der Waals surface area contributed by atoms with E-state index in [2.05, 4.69) is 18.1 Å². The third kappa shape index (κ3) is 2.72. The van der Waals surface area contributed by atoms with Gasteiger partial charge >= 0.3 is 0 Å². The molecule has 0 N–H and O–H groups in total. The average molecular weight is 266 g/mol. The Bertz CT molecular complexity index is 467. The van der Waals surface area contributed by atoms with Gasteiger partial charge < -0.3 is 9.74 Å². The molecule has 0 aromatic carbocycles. The summed E-state index contributed by atoms with van der Waals surface area (Å²) in [7, 11) is 1.81. The van der Waals surface area contributed by atoms with Crippen LogP contribution in [-0.2, 0) is 16.2 Å². The summed E-state index contributed by atoms with van der Waals surface area (Å²) in [6.07, 6.45) is 1.05. The highest BCUT2D eigenvalue weighted by Gasteiger charge is 2.29. The fraction of sp³-hybridized carbons (Fsp3) is 0.538. The smallest absolute Gasteiger partial charge is 0.266 e. The highest BCUT2D eigenvalue weighted by atomic mass is 32.1.